The van der Waals surface area contributed by atoms with E-state index < -0.39 is 0 Å². The summed E-state index contributed by atoms with van der Waals surface area (Å²) in [5.74, 6) is 3.81. The topological polar surface area (TPSA) is 42.7 Å². The summed E-state index contributed by atoms with van der Waals surface area (Å²) >= 11 is 0. The third kappa shape index (κ3) is 1.88. The molecule has 17 heavy (non-hydrogen) atoms. The van der Waals surface area contributed by atoms with Crippen molar-refractivity contribution in [2.24, 2.45) is 5.92 Å². The van der Waals surface area contributed by atoms with Gasteiger partial charge in [-0.3, -0.25) is 0 Å². The zero-order valence-corrected chi connectivity index (χ0v) is 10.8. The highest BCUT2D eigenvalue weighted by atomic mass is 15.3. The largest absolute Gasteiger partial charge is 0.312 e. The summed E-state index contributed by atoms with van der Waals surface area (Å²) in [6.45, 7) is 6.60. The van der Waals surface area contributed by atoms with Gasteiger partial charge in [0, 0.05) is 19.0 Å². The van der Waals surface area contributed by atoms with Gasteiger partial charge in [0.1, 0.15) is 5.82 Å². The molecule has 0 aromatic carbocycles. The van der Waals surface area contributed by atoms with Crippen LogP contribution in [0.2, 0.25) is 0 Å². The van der Waals surface area contributed by atoms with Gasteiger partial charge in [-0.15, -0.1) is 10.2 Å². The lowest BCUT2D eigenvalue weighted by Crippen LogP contribution is -2.35. The van der Waals surface area contributed by atoms with Crippen LogP contribution >= 0.6 is 0 Å². The van der Waals surface area contributed by atoms with Crippen LogP contribution in [0, 0.1) is 5.92 Å². The molecule has 2 heterocycles. The van der Waals surface area contributed by atoms with E-state index in [2.05, 4.69) is 33.9 Å². The van der Waals surface area contributed by atoms with Crippen molar-refractivity contribution in [2.75, 3.05) is 6.54 Å². The number of hydrogen-bond donors (Lipinski definition) is 1. The van der Waals surface area contributed by atoms with Crippen LogP contribution < -0.4 is 5.32 Å². The molecule has 0 bridgehead atoms. The van der Waals surface area contributed by atoms with Crippen molar-refractivity contribution >= 4 is 0 Å². The van der Waals surface area contributed by atoms with Gasteiger partial charge in [-0.1, -0.05) is 13.8 Å². The second kappa shape index (κ2) is 4.41. The Kier molecular flexibility index (Phi) is 2.90. The molecule has 0 spiro atoms. The molecule has 1 unspecified atom stereocenters. The molecule has 4 heteroatoms. The minimum atomic E-state index is 0.472. The predicted octanol–water partition coefficient (Wildman–Crippen LogP) is 2.24. The number of nitrogens with zero attached hydrogens (tertiary/aromatic N) is 3. The molecule has 1 aliphatic carbocycles. The molecule has 0 amide bonds. The Hall–Kier alpha value is -0.900. The van der Waals surface area contributed by atoms with Gasteiger partial charge in [0.15, 0.2) is 5.82 Å². The third-order valence-electron chi connectivity index (χ3n) is 4.23. The predicted molar refractivity (Wildman–Crippen MR) is 66.8 cm³/mol. The molecule has 1 N–H and O–H groups in total. The zero-order chi connectivity index (χ0) is 11.8. The first-order valence-electron chi connectivity index (χ1n) is 7.01. The monoisotopic (exact) mass is 234 g/mol. The highest BCUT2D eigenvalue weighted by Gasteiger charge is 2.37. The first-order chi connectivity index (χ1) is 8.35. The second-order valence-corrected chi connectivity index (χ2v) is 5.35. The molecule has 4 nitrogen and oxygen atoms in total. The molecule has 1 fully saturated rings. The van der Waals surface area contributed by atoms with Crippen LogP contribution in [0.25, 0.3) is 0 Å². The van der Waals surface area contributed by atoms with E-state index in [0.29, 0.717) is 12.0 Å². The smallest absolute Gasteiger partial charge is 0.150 e. The number of hydrogen-bond acceptors (Lipinski definition) is 3. The van der Waals surface area contributed by atoms with Gasteiger partial charge >= 0.3 is 0 Å². The minimum Gasteiger partial charge on any atom is -0.312 e. The number of nitrogens with one attached hydrogen (secondary N) is 1. The Morgan fingerprint density at radius 1 is 1.29 bits per heavy atom. The first-order valence-corrected chi connectivity index (χ1v) is 7.01. The fourth-order valence-electron chi connectivity index (χ4n) is 2.97. The molecule has 1 atom stereocenters. The van der Waals surface area contributed by atoms with E-state index in [1.54, 1.807) is 0 Å². The highest BCUT2D eigenvalue weighted by Crippen LogP contribution is 2.41. The van der Waals surface area contributed by atoms with E-state index in [0.717, 1.165) is 31.8 Å². The molecule has 2 aliphatic rings. The number of fused-ring (bicyclic) bond motifs is 1. The average Bonchev–Trinajstić information content (AvgIpc) is 3.12. The van der Waals surface area contributed by atoms with Crippen LogP contribution in [0.3, 0.4) is 0 Å². The maximum absolute atomic E-state index is 4.47. The summed E-state index contributed by atoms with van der Waals surface area (Å²) in [5, 5.41) is 12.5. The summed E-state index contributed by atoms with van der Waals surface area (Å²) in [7, 11) is 0. The summed E-state index contributed by atoms with van der Waals surface area (Å²) in [6, 6.07) is 0.472. The molecule has 1 saturated carbocycles. The van der Waals surface area contributed by atoms with Crippen LogP contribution in [0.5, 0.6) is 0 Å². The van der Waals surface area contributed by atoms with Crippen molar-refractivity contribution in [1.82, 2.24) is 20.1 Å². The minimum absolute atomic E-state index is 0.472. The molecule has 3 rings (SSSR count). The highest BCUT2D eigenvalue weighted by molar-refractivity contribution is 5.11. The van der Waals surface area contributed by atoms with Crippen molar-refractivity contribution < 1.29 is 0 Å². The van der Waals surface area contributed by atoms with Gasteiger partial charge in [-0.05, 0) is 31.6 Å². The molecule has 1 aliphatic heterocycles. The summed E-state index contributed by atoms with van der Waals surface area (Å²) < 4.78 is 2.39. The molecule has 94 valence electrons. The van der Waals surface area contributed by atoms with E-state index in [9.17, 15) is 0 Å². The average molecular weight is 234 g/mol. The Bertz CT molecular complexity index is 377. The molecular formula is C13H22N4. The SMILES string of the molecule is CCC(CC)c1nnc2n1CCNC2C1CC1. The van der Waals surface area contributed by atoms with E-state index >= 15 is 0 Å². The Morgan fingerprint density at radius 3 is 2.71 bits per heavy atom. The quantitative estimate of drug-likeness (QED) is 0.868. The summed E-state index contributed by atoms with van der Waals surface area (Å²) in [6.07, 6.45) is 5.03. The van der Waals surface area contributed by atoms with Crippen LogP contribution in [0.15, 0.2) is 0 Å². The normalized spacial score (nSPS) is 24.1. The van der Waals surface area contributed by atoms with Crippen LogP contribution in [0.4, 0.5) is 0 Å². The third-order valence-corrected chi connectivity index (χ3v) is 4.23. The van der Waals surface area contributed by atoms with Gasteiger partial charge in [-0.25, -0.2) is 0 Å². The van der Waals surface area contributed by atoms with E-state index in [4.69, 9.17) is 0 Å². The van der Waals surface area contributed by atoms with E-state index in [1.165, 1.54) is 24.5 Å². The number of aromatic nitrogens is 3. The van der Waals surface area contributed by atoms with E-state index in [1.807, 2.05) is 0 Å². The van der Waals surface area contributed by atoms with Crippen molar-refractivity contribution in [2.45, 2.75) is 58.0 Å². The second-order valence-electron chi connectivity index (χ2n) is 5.35. The van der Waals surface area contributed by atoms with Crippen molar-refractivity contribution in [3.8, 4) is 0 Å². The van der Waals surface area contributed by atoms with Gasteiger partial charge < -0.3 is 9.88 Å². The van der Waals surface area contributed by atoms with Gasteiger partial charge in [-0.2, -0.15) is 0 Å². The Morgan fingerprint density at radius 2 is 2.06 bits per heavy atom. The van der Waals surface area contributed by atoms with Crippen LogP contribution in [-0.2, 0) is 6.54 Å². The Balaban J connectivity index is 1.92. The lowest BCUT2D eigenvalue weighted by molar-refractivity contribution is 0.371. The maximum atomic E-state index is 4.47. The standard InChI is InChI=1S/C13H22N4/c1-3-9(4-2)12-15-16-13-11(10-5-6-10)14-7-8-17(12)13/h9-11,14H,3-8H2,1-2H3. The molecule has 0 radical (unpaired) electrons. The molecule has 0 saturated heterocycles. The summed E-state index contributed by atoms with van der Waals surface area (Å²) in [5.41, 5.74) is 0. The lowest BCUT2D eigenvalue weighted by atomic mass is 10.0. The van der Waals surface area contributed by atoms with Crippen LogP contribution in [-0.4, -0.2) is 21.3 Å². The maximum Gasteiger partial charge on any atom is 0.150 e. The van der Waals surface area contributed by atoms with E-state index in [-0.39, 0.29) is 0 Å². The Labute approximate surface area is 103 Å². The zero-order valence-electron chi connectivity index (χ0n) is 10.8. The first kappa shape index (κ1) is 11.2. The number of rotatable bonds is 4. The van der Waals surface area contributed by atoms with Crippen LogP contribution in [0.1, 0.15) is 63.1 Å². The molecule has 1 aromatic heterocycles. The molecular weight excluding hydrogens is 212 g/mol. The van der Waals surface area contributed by atoms with Crippen molar-refractivity contribution in [3.05, 3.63) is 11.6 Å². The fourth-order valence-corrected chi connectivity index (χ4v) is 2.97. The summed E-state index contributed by atoms with van der Waals surface area (Å²) in [4.78, 5) is 0. The van der Waals surface area contributed by atoms with Gasteiger partial charge in [0.2, 0.25) is 0 Å². The van der Waals surface area contributed by atoms with Gasteiger partial charge in [0.05, 0.1) is 6.04 Å². The van der Waals surface area contributed by atoms with Crippen molar-refractivity contribution in [1.29, 1.82) is 0 Å². The molecule has 1 aromatic rings. The van der Waals surface area contributed by atoms with Crippen molar-refractivity contribution in [3.63, 3.8) is 0 Å². The van der Waals surface area contributed by atoms with Gasteiger partial charge in [0.25, 0.3) is 0 Å². The fraction of sp³-hybridized carbons (Fsp3) is 0.846. The lowest BCUT2D eigenvalue weighted by Gasteiger charge is -2.26.